The van der Waals surface area contributed by atoms with E-state index in [0.717, 1.165) is 0 Å². The maximum absolute atomic E-state index is 13.0. The zero-order valence-electron chi connectivity index (χ0n) is 26.1. The van der Waals surface area contributed by atoms with Gasteiger partial charge in [-0.3, -0.25) is 33.6 Å². The third-order valence-electron chi connectivity index (χ3n) is 6.80. The minimum atomic E-state index is -1.87. The molecular weight excluding hydrogens is 616 g/mol. The Morgan fingerprint density at radius 3 is 1.41 bits per heavy atom. The number of carboxylic acids is 3. The van der Waals surface area contributed by atoms with Gasteiger partial charge in [0.2, 0.25) is 29.5 Å². The normalized spacial score (nSPS) is 15.6. The van der Waals surface area contributed by atoms with Crippen molar-refractivity contribution in [3.63, 3.8) is 0 Å². The highest BCUT2D eigenvalue weighted by Gasteiger charge is 2.33. The van der Waals surface area contributed by atoms with E-state index in [-0.39, 0.29) is 24.7 Å². The minimum absolute atomic E-state index is 0.0506. The summed E-state index contributed by atoms with van der Waals surface area (Å²) in [4.78, 5) is 97.5. The molecule has 0 aromatic rings. The Morgan fingerprint density at radius 2 is 1.02 bits per heavy atom. The van der Waals surface area contributed by atoms with Gasteiger partial charge in [-0.05, 0) is 24.7 Å². The molecule has 19 heteroatoms. The average Bonchev–Trinajstić information content (AvgIpc) is 2.97. The predicted molar refractivity (Wildman–Crippen MR) is 157 cm³/mol. The number of carboxylic acid groups (broad SMARTS) is 3. The molecule has 0 unspecified atom stereocenters. The highest BCUT2D eigenvalue weighted by molar-refractivity contribution is 5.96. The number of hydrogen-bond donors (Lipinski definition) is 11. The second-order valence-corrected chi connectivity index (χ2v) is 11.1. The molecule has 0 aliphatic heterocycles. The molecule has 0 aromatic carbocycles. The first-order chi connectivity index (χ1) is 21.4. The Morgan fingerprint density at radius 1 is 0.609 bits per heavy atom. The molecule has 19 nitrogen and oxygen atoms in total. The third kappa shape index (κ3) is 15.1. The van der Waals surface area contributed by atoms with Gasteiger partial charge in [-0.25, -0.2) is 4.79 Å². The quantitative estimate of drug-likeness (QED) is 0.0530. The van der Waals surface area contributed by atoms with Gasteiger partial charge in [0.25, 0.3) is 0 Å². The first-order valence-corrected chi connectivity index (χ1v) is 14.5. The SMILES string of the molecule is CC[C@H](C)[C@H](N)C(=O)N[C@@H](CCC(=O)O)C(=O)N[C@@H](CO)C(=O)N[C@@H](CC(C)C)C(=O)N[C@@H](CO)C(=O)N[C@@H](CC(=O)O)C(=O)O. The van der Waals surface area contributed by atoms with Crippen molar-refractivity contribution in [1.82, 2.24) is 26.6 Å². The molecule has 0 saturated carbocycles. The van der Waals surface area contributed by atoms with Gasteiger partial charge in [-0.15, -0.1) is 0 Å². The zero-order valence-corrected chi connectivity index (χ0v) is 26.1. The fraction of sp³-hybridized carbons (Fsp3) is 0.704. The molecule has 0 rings (SSSR count). The van der Waals surface area contributed by atoms with Crippen LogP contribution in [0.4, 0.5) is 0 Å². The number of nitrogens with one attached hydrogen (secondary N) is 5. The molecule has 0 heterocycles. The van der Waals surface area contributed by atoms with Crippen LogP contribution in [0.2, 0.25) is 0 Å². The van der Waals surface area contributed by atoms with Crippen molar-refractivity contribution in [2.24, 2.45) is 17.6 Å². The smallest absolute Gasteiger partial charge is 0.326 e. The van der Waals surface area contributed by atoms with E-state index in [1.807, 2.05) is 5.32 Å². The van der Waals surface area contributed by atoms with Gasteiger partial charge in [-0.1, -0.05) is 34.1 Å². The molecule has 5 amide bonds. The molecule has 0 aliphatic carbocycles. The number of carbonyl (C=O) groups is 8. The fourth-order valence-corrected chi connectivity index (χ4v) is 3.87. The first-order valence-electron chi connectivity index (χ1n) is 14.5. The Hall–Kier alpha value is -4.36. The third-order valence-corrected chi connectivity index (χ3v) is 6.80. The van der Waals surface area contributed by atoms with Crippen LogP contribution in [-0.2, 0) is 38.4 Å². The van der Waals surface area contributed by atoms with Gasteiger partial charge in [0.05, 0.1) is 25.7 Å². The molecule has 0 aliphatic rings. The molecule has 262 valence electrons. The highest BCUT2D eigenvalue weighted by atomic mass is 16.4. The topological polar surface area (TPSA) is 324 Å². The van der Waals surface area contributed by atoms with Gasteiger partial charge in [0.1, 0.15) is 30.2 Å². The molecule has 7 atom stereocenters. The van der Waals surface area contributed by atoms with E-state index in [2.05, 4.69) is 21.3 Å². The van der Waals surface area contributed by atoms with E-state index in [1.54, 1.807) is 27.7 Å². The second-order valence-electron chi connectivity index (χ2n) is 11.1. The summed E-state index contributed by atoms with van der Waals surface area (Å²) in [5.41, 5.74) is 5.90. The van der Waals surface area contributed by atoms with Gasteiger partial charge in [-0.2, -0.15) is 0 Å². The number of aliphatic carboxylic acids is 3. The van der Waals surface area contributed by atoms with Crippen LogP contribution < -0.4 is 32.3 Å². The Bertz CT molecular complexity index is 1100. The molecule has 0 radical (unpaired) electrons. The Kier molecular flexibility index (Phi) is 18.7. The molecule has 0 aromatic heterocycles. The van der Waals surface area contributed by atoms with E-state index in [1.165, 1.54) is 0 Å². The lowest BCUT2D eigenvalue weighted by molar-refractivity contribution is -0.147. The van der Waals surface area contributed by atoms with Crippen molar-refractivity contribution < 1.29 is 63.9 Å². The van der Waals surface area contributed by atoms with Crippen molar-refractivity contribution in [1.29, 1.82) is 0 Å². The highest BCUT2D eigenvalue weighted by Crippen LogP contribution is 2.09. The van der Waals surface area contributed by atoms with E-state index in [0.29, 0.717) is 6.42 Å². The molecule has 0 spiro atoms. The number of nitrogens with two attached hydrogens (primary N) is 1. The monoisotopic (exact) mass is 662 g/mol. The predicted octanol–water partition coefficient (Wildman–Crippen LogP) is -3.76. The van der Waals surface area contributed by atoms with Crippen molar-refractivity contribution in [2.75, 3.05) is 13.2 Å². The summed E-state index contributed by atoms with van der Waals surface area (Å²) in [6, 6.07) is -9.18. The molecule has 0 fully saturated rings. The summed E-state index contributed by atoms with van der Waals surface area (Å²) in [7, 11) is 0. The van der Waals surface area contributed by atoms with E-state index < -0.39 is 110 Å². The van der Waals surface area contributed by atoms with E-state index >= 15 is 0 Å². The van der Waals surface area contributed by atoms with Gasteiger partial charge in [0, 0.05) is 6.42 Å². The maximum Gasteiger partial charge on any atom is 0.326 e. The summed E-state index contributed by atoms with van der Waals surface area (Å²) in [5, 5.41) is 57.5. The van der Waals surface area contributed by atoms with Crippen molar-refractivity contribution in [2.45, 2.75) is 96.1 Å². The van der Waals surface area contributed by atoms with Crippen LogP contribution in [0.5, 0.6) is 0 Å². The first kappa shape index (κ1) is 41.6. The van der Waals surface area contributed by atoms with Crippen LogP contribution in [0, 0.1) is 11.8 Å². The van der Waals surface area contributed by atoms with Crippen molar-refractivity contribution in [3.05, 3.63) is 0 Å². The lowest BCUT2D eigenvalue weighted by Gasteiger charge is -2.27. The van der Waals surface area contributed by atoms with Crippen LogP contribution in [0.15, 0.2) is 0 Å². The second kappa shape index (κ2) is 20.6. The average molecular weight is 663 g/mol. The molecular formula is C27H46N6O13. The summed E-state index contributed by atoms with van der Waals surface area (Å²) >= 11 is 0. The largest absolute Gasteiger partial charge is 0.481 e. The van der Waals surface area contributed by atoms with Crippen molar-refractivity contribution >= 4 is 47.4 Å². The molecule has 12 N–H and O–H groups in total. The summed E-state index contributed by atoms with van der Waals surface area (Å²) in [6.07, 6.45) is -1.41. The van der Waals surface area contributed by atoms with Crippen molar-refractivity contribution in [3.8, 4) is 0 Å². The van der Waals surface area contributed by atoms with Crippen LogP contribution in [0.25, 0.3) is 0 Å². The van der Waals surface area contributed by atoms with Crippen LogP contribution in [-0.4, -0.2) is 122 Å². The number of aliphatic hydroxyl groups is 2. The minimum Gasteiger partial charge on any atom is -0.481 e. The van der Waals surface area contributed by atoms with Crippen LogP contribution in [0.3, 0.4) is 0 Å². The number of carbonyl (C=O) groups excluding carboxylic acids is 5. The van der Waals surface area contributed by atoms with Gasteiger partial charge in [0.15, 0.2) is 0 Å². The number of hydrogen-bond acceptors (Lipinski definition) is 11. The van der Waals surface area contributed by atoms with Gasteiger partial charge < -0.3 is 57.9 Å². The number of amides is 5. The number of rotatable bonds is 22. The summed E-state index contributed by atoms with van der Waals surface area (Å²) in [5.74, 6) is -10.1. The fourth-order valence-electron chi connectivity index (χ4n) is 3.87. The summed E-state index contributed by atoms with van der Waals surface area (Å²) < 4.78 is 0. The van der Waals surface area contributed by atoms with Crippen LogP contribution in [0.1, 0.15) is 59.8 Å². The zero-order chi connectivity index (χ0) is 35.7. The molecule has 0 bridgehead atoms. The molecule has 46 heavy (non-hydrogen) atoms. The summed E-state index contributed by atoms with van der Waals surface area (Å²) in [6.45, 7) is 4.84. The van der Waals surface area contributed by atoms with Gasteiger partial charge >= 0.3 is 17.9 Å². The lowest BCUT2D eigenvalue weighted by Crippen LogP contribution is -2.60. The maximum atomic E-state index is 13.0. The van der Waals surface area contributed by atoms with E-state index in [9.17, 15) is 48.6 Å². The lowest BCUT2D eigenvalue weighted by atomic mass is 9.98. The Labute approximate surface area is 265 Å². The standard InChI is InChI=1S/C27H46N6O13/c1-5-13(4)21(28)26(44)29-14(6-7-19(36)37)22(40)32-17(10-34)24(42)30-15(8-12(2)3)23(41)33-18(11-35)25(43)31-16(27(45)46)9-20(38)39/h12-18,21,34-35H,5-11,28H2,1-4H3,(H,29,44)(H,30,42)(H,31,43)(H,32,40)(H,33,41)(H,36,37)(H,38,39)(H,45,46)/t13-,14-,15-,16-,17-,18-,21-/m0/s1. The van der Waals surface area contributed by atoms with E-state index in [4.69, 9.17) is 21.1 Å². The number of aliphatic hydroxyl groups excluding tert-OH is 2. The van der Waals surface area contributed by atoms with Crippen LogP contribution >= 0.6 is 0 Å². The Balaban J connectivity index is 5.79. The molecule has 0 saturated heterocycles.